The molecule has 0 radical (unpaired) electrons. The third-order valence-corrected chi connectivity index (χ3v) is 3.94. The third kappa shape index (κ3) is 3.13. The van der Waals surface area contributed by atoms with Gasteiger partial charge in [-0.1, -0.05) is 25.5 Å². The fourth-order valence-electron chi connectivity index (χ4n) is 2.78. The minimum absolute atomic E-state index is 0.0237. The van der Waals surface area contributed by atoms with E-state index in [2.05, 4.69) is 31.8 Å². The summed E-state index contributed by atoms with van der Waals surface area (Å²) in [6, 6.07) is 3.17. The average molecular weight is 272 g/mol. The minimum atomic E-state index is -0.433. The van der Waals surface area contributed by atoms with Gasteiger partial charge in [0.25, 0.3) is 5.69 Å². The number of allylic oxidation sites excluding steroid dienone is 3. The molecule has 4 heteroatoms. The van der Waals surface area contributed by atoms with Gasteiger partial charge in [-0.3, -0.25) is 10.1 Å². The van der Waals surface area contributed by atoms with Crippen LogP contribution < -0.4 is 0 Å². The van der Waals surface area contributed by atoms with Gasteiger partial charge in [-0.05, 0) is 49.3 Å². The van der Waals surface area contributed by atoms with E-state index in [1.807, 2.05) is 6.08 Å². The molecule has 1 heterocycles. The molecule has 2 rings (SSSR count). The van der Waals surface area contributed by atoms with Crippen LogP contribution >= 0.6 is 0 Å². The van der Waals surface area contributed by atoms with Gasteiger partial charge in [0.05, 0.1) is 10.6 Å². The van der Waals surface area contributed by atoms with Crippen molar-refractivity contribution in [2.45, 2.75) is 40.0 Å². The first kappa shape index (κ1) is 14.4. The van der Waals surface area contributed by atoms with E-state index < -0.39 is 4.92 Å². The molecule has 0 saturated heterocycles. The van der Waals surface area contributed by atoms with Gasteiger partial charge in [-0.15, -0.1) is 0 Å². The van der Waals surface area contributed by atoms with Crippen LogP contribution in [0.25, 0.3) is 6.08 Å². The molecule has 106 valence electrons. The predicted molar refractivity (Wildman–Crippen MR) is 80.3 cm³/mol. The van der Waals surface area contributed by atoms with Gasteiger partial charge in [0.1, 0.15) is 6.20 Å². The van der Waals surface area contributed by atoms with Crippen LogP contribution in [0.15, 0.2) is 35.6 Å². The highest BCUT2D eigenvalue weighted by atomic mass is 16.6. The minimum Gasteiger partial charge on any atom is -0.258 e. The lowest BCUT2D eigenvalue weighted by atomic mass is 9.72. The zero-order chi connectivity index (χ0) is 14.8. The largest absolute Gasteiger partial charge is 0.287 e. The molecule has 1 aromatic rings. The van der Waals surface area contributed by atoms with Gasteiger partial charge >= 0.3 is 0 Å². The Morgan fingerprint density at radius 2 is 2.10 bits per heavy atom. The standard InChI is InChI=1S/C16H20N2O2/c1-12-5-4-10-16(2,3)15(12)9-7-13-6-8-14(11-17-13)18(19)20/h6-9,11H,4-5,10H2,1-3H3/b9-7+. The second-order valence-corrected chi connectivity index (χ2v) is 5.96. The molecule has 0 atom stereocenters. The van der Waals surface area contributed by atoms with Gasteiger partial charge in [-0.25, -0.2) is 4.98 Å². The first-order valence-electron chi connectivity index (χ1n) is 6.89. The van der Waals surface area contributed by atoms with Crippen LogP contribution in [0.1, 0.15) is 45.7 Å². The molecule has 4 nitrogen and oxygen atoms in total. The Kier molecular flexibility index (Phi) is 4.02. The van der Waals surface area contributed by atoms with Crippen LogP contribution in [-0.2, 0) is 0 Å². The first-order chi connectivity index (χ1) is 9.40. The molecule has 1 aliphatic carbocycles. The van der Waals surface area contributed by atoms with Gasteiger partial charge in [0, 0.05) is 6.07 Å². The summed E-state index contributed by atoms with van der Waals surface area (Å²) in [5, 5.41) is 10.6. The molecule has 0 unspecified atom stereocenters. The number of pyridine rings is 1. The normalized spacial score (nSPS) is 18.6. The molecule has 0 aliphatic heterocycles. The Labute approximate surface area is 119 Å². The van der Waals surface area contributed by atoms with E-state index in [1.54, 1.807) is 6.07 Å². The molecule has 1 aliphatic rings. The zero-order valence-corrected chi connectivity index (χ0v) is 12.2. The molecule has 0 fully saturated rings. The lowest BCUT2D eigenvalue weighted by molar-refractivity contribution is -0.385. The van der Waals surface area contributed by atoms with Crippen LogP contribution in [0.5, 0.6) is 0 Å². The highest BCUT2D eigenvalue weighted by Crippen LogP contribution is 2.40. The van der Waals surface area contributed by atoms with Crippen LogP contribution in [0.3, 0.4) is 0 Å². The maximum atomic E-state index is 10.6. The Morgan fingerprint density at radius 1 is 1.35 bits per heavy atom. The van der Waals surface area contributed by atoms with Crippen LogP contribution in [-0.4, -0.2) is 9.91 Å². The monoisotopic (exact) mass is 272 g/mol. The maximum absolute atomic E-state index is 10.6. The second-order valence-electron chi connectivity index (χ2n) is 5.96. The Balaban J connectivity index is 2.22. The third-order valence-electron chi connectivity index (χ3n) is 3.94. The summed E-state index contributed by atoms with van der Waals surface area (Å²) in [4.78, 5) is 14.3. The molecule has 0 saturated carbocycles. The van der Waals surface area contributed by atoms with Crippen molar-refractivity contribution in [3.63, 3.8) is 0 Å². The Morgan fingerprint density at radius 3 is 2.65 bits per heavy atom. The van der Waals surface area contributed by atoms with Crippen molar-refractivity contribution in [2.75, 3.05) is 0 Å². The molecule has 0 spiro atoms. The van der Waals surface area contributed by atoms with Crippen molar-refractivity contribution < 1.29 is 4.92 Å². The van der Waals surface area contributed by atoms with Crippen LogP contribution in [0, 0.1) is 15.5 Å². The molecule has 20 heavy (non-hydrogen) atoms. The molecule has 0 N–H and O–H groups in total. The van der Waals surface area contributed by atoms with E-state index in [9.17, 15) is 10.1 Å². The van der Waals surface area contributed by atoms with Crippen molar-refractivity contribution in [1.29, 1.82) is 0 Å². The van der Waals surface area contributed by atoms with Crippen molar-refractivity contribution in [1.82, 2.24) is 4.98 Å². The number of nitrogens with zero attached hydrogens (tertiary/aromatic N) is 2. The number of rotatable bonds is 3. The van der Waals surface area contributed by atoms with E-state index in [0.29, 0.717) is 0 Å². The molecule has 1 aromatic heterocycles. The summed E-state index contributed by atoms with van der Waals surface area (Å²) >= 11 is 0. The smallest absolute Gasteiger partial charge is 0.258 e. The number of nitro groups is 1. The molecular formula is C16H20N2O2. The van der Waals surface area contributed by atoms with E-state index in [0.717, 1.165) is 12.1 Å². The van der Waals surface area contributed by atoms with Gasteiger partial charge in [0.2, 0.25) is 0 Å². The van der Waals surface area contributed by atoms with Crippen molar-refractivity contribution >= 4 is 11.8 Å². The topological polar surface area (TPSA) is 56.0 Å². The van der Waals surface area contributed by atoms with Crippen molar-refractivity contribution in [3.8, 4) is 0 Å². The van der Waals surface area contributed by atoms with Crippen LogP contribution in [0.2, 0.25) is 0 Å². The number of aromatic nitrogens is 1. The predicted octanol–water partition coefficient (Wildman–Crippen LogP) is 4.53. The maximum Gasteiger partial charge on any atom is 0.287 e. The second kappa shape index (κ2) is 5.57. The zero-order valence-electron chi connectivity index (χ0n) is 12.2. The summed E-state index contributed by atoms with van der Waals surface area (Å²) in [5.74, 6) is 0. The van der Waals surface area contributed by atoms with Crippen molar-refractivity contribution in [2.24, 2.45) is 5.41 Å². The molecule has 0 bridgehead atoms. The van der Waals surface area contributed by atoms with Gasteiger partial charge < -0.3 is 0 Å². The Bertz CT molecular complexity index is 569. The fourth-order valence-corrected chi connectivity index (χ4v) is 2.78. The van der Waals surface area contributed by atoms with E-state index >= 15 is 0 Å². The fraction of sp³-hybridized carbons (Fsp3) is 0.438. The van der Waals surface area contributed by atoms with E-state index in [1.165, 1.54) is 36.3 Å². The summed E-state index contributed by atoms with van der Waals surface area (Å²) in [5.41, 5.74) is 3.76. The lowest BCUT2D eigenvalue weighted by Crippen LogP contribution is -2.18. The van der Waals surface area contributed by atoms with E-state index in [-0.39, 0.29) is 11.1 Å². The summed E-state index contributed by atoms with van der Waals surface area (Å²) < 4.78 is 0. The summed E-state index contributed by atoms with van der Waals surface area (Å²) in [6.45, 7) is 6.71. The number of hydrogen-bond acceptors (Lipinski definition) is 3. The van der Waals surface area contributed by atoms with Gasteiger partial charge in [0.15, 0.2) is 0 Å². The molecule has 0 aromatic carbocycles. The number of hydrogen-bond donors (Lipinski definition) is 0. The summed E-state index contributed by atoms with van der Waals surface area (Å²) in [7, 11) is 0. The van der Waals surface area contributed by atoms with Crippen LogP contribution in [0.4, 0.5) is 5.69 Å². The van der Waals surface area contributed by atoms with E-state index in [4.69, 9.17) is 0 Å². The molecule has 0 amide bonds. The summed E-state index contributed by atoms with van der Waals surface area (Å²) in [6.07, 6.45) is 8.94. The first-order valence-corrected chi connectivity index (χ1v) is 6.89. The molecular weight excluding hydrogens is 252 g/mol. The quantitative estimate of drug-likeness (QED) is 0.600. The van der Waals surface area contributed by atoms with Crippen molar-refractivity contribution in [3.05, 3.63) is 51.4 Å². The lowest BCUT2D eigenvalue weighted by Gasteiger charge is -2.32. The Hall–Kier alpha value is -1.97. The highest BCUT2D eigenvalue weighted by molar-refractivity contribution is 5.52. The average Bonchev–Trinajstić information content (AvgIpc) is 2.38. The highest BCUT2D eigenvalue weighted by Gasteiger charge is 2.26. The van der Waals surface area contributed by atoms with Gasteiger partial charge in [-0.2, -0.15) is 0 Å². The SMILES string of the molecule is CC1=C(/C=C/c2ccc([N+](=O)[O-])cn2)C(C)(C)CCC1.